The normalized spacial score (nSPS) is 19.5. The van der Waals surface area contributed by atoms with Crippen molar-refractivity contribution in [1.82, 2.24) is 9.80 Å². The summed E-state index contributed by atoms with van der Waals surface area (Å²) in [7, 11) is 1.75. The molecule has 0 saturated carbocycles. The fraction of sp³-hybridized carbons (Fsp3) is 0.409. The number of ether oxygens (including phenoxy) is 1. The van der Waals surface area contributed by atoms with E-state index < -0.39 is 5.82 Å². The van der Waals surface area contributed by atoms with Crippen LogP contribution in [-0.4, -0.2) is 62.1 Å². The fourth-order valence-electron chi connectivity index (χ4n) is 3.70. The summed E-state index contributed by atoms with van der Waals surface area (Å²) in [4.78, 5) is 16.4. The van der Waals surface area contributed by atoms with Gasteiger partial charge in [-0.1, -0.05) is 42.5 Å². The minimum Gasteiger partial charge on any atom is -0.489 e. The Morgan fingerprint density at radius 2 is 1.89 bits per heavy atom. The summed E-state index contributed by atoms with van der Waals surface area (Å²) in [5.74, 6) is 0.549. The van der Waals surface area contributed by atoms with Gasteiger partial charge in [-0.05, 0) is 30.2 Å². The molecule has 1 heterocycles. The third-order valence-corrected chi connectivity index (χ3v) is 5.35. The first kappa shape index (κ1) is 20.3. The monoisotopic (exact) mass is 385 g/mol. The van der Waals surface area contributed by atoms with Crippen molar-refractivity contribution in [2.45, 2.75) is 5.92 Å². The number of para-hydroxylation sites is 1. The second-order valence-corrected chi connectivity index (χ2v) is 7.30. The van der Waals surface area contributed by atoms with Gasteiger partial charge in [-0.3, -0.25) is 9.69 Å². The summed E-state index contributed by atoms with van der Waals surface area (Å²) >= 11 is 0. The van der Waals surface area contributed by atoms with E-state index in [1.165, 1.54) is 11.6 Å². The molecule has 1 aliphatic heterocycles. The molecule has 2 aromatic rings. The molecule has 2 aromatic carbocycles. The average molecular weight is 385 g/mol. The standard InChI is InChI=1S/C22H28FN3O2/c1-25(11-12-28-21-10-6-5-9-20(21)23)22(27)16-26-14-18(13-24)19(15-26)17-7-3-2-4-8-17/h2-10,18-19H,11-16,24H2,1H3/t18-,19+/m1/s1. The molecule has 2 atom stereocenters. The molecule has 0 aromatic heterocycles. The van der Waals surface area contributed by atoms with Crippen LogP contribution in [0.15, 0.2) is 54.6 Å². The highest BCUT2D eigenvalue weighted by Gasteiger charge is 2.33. The number of hydrogen-bond acceptors (Lipinski definition) is 4. The van der Waals surface area contributed by atoms with Gasteiger partial charge in [0, 0.05) is 26.1 Å². The van der Waals surface area contributed by atoms with E-state index in [1.54, 1.807) is 30.1 Å². The lowest BCUT2D eigenvalue weighted by atomic mass is 9.89. The fourth-order valence-corrected chi connectivity index (χ4v) is 3.70. The number of carbonyl (C=O) groups excluding carboxylic acids is 1. The SMILES string of the molecule is CN(CCOc1ccccc1F)C(=O)CN1C[C@@H](CN)[C@H](c2ccccc2)C1. The molecule has 1 fully saturated rings. The Hall–Kier alpha value is -2.44. The van der Waals surface area contributed by atoms with Crippen LogP contribution in [0.5, 0.6) is 5.75 Å². The van der Waals surface area contributed by atoms with E-state index in [1.807, 2.05) is 18.2 Å². The number of rotatable bonds is 8. The van der Waals surface area contributed by atoms with Crippen molar-refractivity contribution in [3.8, 4) is 5.75 Å². The van der Waals surface area contributed by atoms with Crippen molar-refractivity contribution in [1.29, 1.82) is 0 Å². The van der Waals surface area contributed by atoms with E-state index in [-0.39, 0.29) is 18.3 Å². The second-order valence-electron chi connectivity index (χ2n) is 7.30. The topological polar surface area (TPSA) is 58.8 Å². The molecule has 28 heavy (non-hydrogen) atoms. The summed E-state index contributed by atoms with van der Waals surface area (Å²) in [5, 5.41) is 0. The molecule has 3 rings (SSSR count). The Morgan fingerprint density at radius 1 is 1.18 bits per heavy atom. The lowest BCUT2D eigenvalue weighted by Crippen LogP contribution is -2.39. The molecule has 0 bridgehead atoms. The van der Waals surface area contributed by atoms with Crippen LogP contribution in [0, 0.1) is 11.7 Å². The molecule has 0 aliphatic carbocycles. The van der Waals surface area contributed by atoms with Crippen molar-refractivity contribution in [2.75, 3.05) is 46.4 Å². The van der Waals surface area contributed by atoms with Gasteiger partial charge in [0.25, 0.3) is 0 Å². The number of nitrogens with two attached hydrogens (primary N) is 1. The number of amides is 1. The van der Waals surface area contributed by atoms with Gasteiger partial charge in [-0.25, -0.2) is 4.39 Å². The summed E-state index contributed by atoms with van der Waals surface area (Å²) in [5.41, 5.74) is 7.26. The molecule has 5 nitrogen and oxygen atoms in total. The average Bonchev–Trinajstić information content (AvgIpc) is 3.12. The van der Waals surface area contributed by atoms with Gasteiger partial charge >= 0.3 is 0 Å². The number of likely N-dealkylation sites (N-methyl/N-ethyl adjacent to an activating group) is 1. The minimum atomic E-state index is -0.395. The van der Waals surface area contributed by atoms with E-state index in [0.29, 0.717) is 31.5 Å². The van der Waals surface area contributed by atoms with Crippen molar-refractivity contribution < 1.29 is 13.9 Å². The van der Waals surface area contributed by atoms with Gasteiger partial charge in [0.15, 0.2) is 11.6 Å². The zero-order chi connectivity index (χ0) is 19.9. The third kappa shape index (κ3) is 5.09. The van der Waals surface area contributed by atoms with E-state index >= 15 is 0 Å². The zero-order valence-electron chi connectivity index (χ0n) is 16.3. The lowest BCUT2D eigenvalue weighted by Gasteiger charge is -2.22. The Labute approximate surface area is 165 Å². The maximum absolute atomic E-state index is 13.6. The quantitative estimate of drug-likeness (QED) is 0.758. The van der Waals surface area contributed by atoms with Crippen LogP contribution in [0.1, 0.15) is 11.5 Å². The van der Waals surface area contributed by atoms with Crippen LogP contribution in [0.3, 0.4) is 0 Å². The van der Waals surface area contributed by atoms with Gasteiger partial charge in [-0.2, -0.15) is 0 Å². The first-order valence-electron chi connectivity index (χ1n) is 9.67. The van der Waals surface area contributed by atoms with Gasteiger partial charge < -0.3 is 15.4 Å². The molecule has 0 unspecified atom stereocenters. The maximum Gasteiger partial charge on any atom is 0.236 e. The summed E-state index contributed by atoms with van der Waals surface area (Å²) in [6.07, 6.45) is 0. The minimum absolute atomic E-state index is 0.0293. The van der Waals surface area contributed by atoms with E-state index in [0.717, 1.165) is 13.1 Å². The Kier molecular flexibility index (Phi) is 7.01. The highest BCUT2D eigenvalue weighted by atomic mass is 19.1. The molecule has 1 amide bonds. The van der Waals surface area contributed by atoms with Gasteiger partial charge in [0.1, 0.15) is 6.61 Å². The first-order valence-corrected chi connectivity index (χ1v) is 9.67. The maximum atomic E-state index is 13.6. The van der Waals surface area contributed by atoms with Crippen molar-refractivity contribution in [3.63, 3.8) is 0 Å². The zero-order valence-corrected chi connectivity index (χ0v) is 16.3. The Bertz CT molecular complexity index is 771. The number of likely N-dealkylation sites (tertiary alicyclic amines) is 1. The summed E-state index contributed by atoms with van der Waals surface area (Å²) in [6, 6.07) is 16.6. The van der Waals surface area contributed by atoms with Gasteiger partial charge in [0.05, 0.1) is 13.1 Å². The van der Waals surface area contributed by atoms with E-state index in [9.17, 15) is 9.18 Å². The molecule has 0 spiro atoms. The highest BCUT2D eigenvalue weighted by Crippen LogP contribution is 2.31. The number of carbonyl (C=O) groups is 1. The van der Waals surface area contributed by atoms with Crippen molar-refractivity contribution >= 4 is 5.91 Å². The number of benzene rings is 2. The molecule has 1 saturated heterocycles. The largest absolute Gasteiger partial charge is 0.489 e. The van der Waals surface area contributed by atoms with Crippen LogP contribution in [0.25, 0.3) is 0 Å². The van der Waals surface area contributed by atoms with Crippen LogP contribution in [0.2, 0.25) is 0 Å². The highest BCUT2D eigenvalue weighted by molar-refractivity contribution is 5.78. The predicted molar refractivity (Wildman–Crippen MR) is 108 cm³/mol. The van der Waals surface area contributed by atoms with E-state index in [2.05, 4.69) is 17.0 Å². The molecule has 150 valence electrons. The summed E-state index contributed by atoms with van der Waals surface area (Å²) < 4.78 is 19.0. The van der Waals surface area contributed by atoms with E-state index in [4.69, 9.17) is 10.5 Å². The number of hydrogen-bond donors (Lipinski definition) is 1. The molecular formula is C22H28FN3O2. The molecule has 6 heteroatoms. The van der Waals surface area contributed by atoms with Crippen molar-refractivity contribution in [2.24, 2.45) is 11.7 Å². The van der Waals surface area contributed by atoms with Gasteiger partial charge in [-0.15, -0.1) is 0 Å². The first-order chi connectivity index (χ1) is 13.6. The van der Waals surface area contributed by atoms with Crippen LogP contribution >= 0.6 is 0 Å². The number of nitrogens with zero attached hydrogens (tertiary/aromatic N) is 2. The van der Waals surface area contributed by atoms with Crippen molar-refractivity contribution in [3.05, 3.63) is 66.0 Å². The van der Waals surface area contributed by atoms with Crippen LogP contribution in [-0.2, 0) is 4.79 Å². The van der Waals surface area contributed by atoms with Gasteiger partial charge in [0.2, 0.25) is 5.91 Å². The number of halogens is 1. The second kappa shape index (κ2) is 9.66. The molecular weight excluding hydrogens is 357 g/mol. The van der Waals surface area contributed by atoms with Crippen LogP contribution in [0.4, 0.5) is 4.39 Å². The molecule has 1 aliphatic rings. The predicted octanol–water partition coefficient (Wildman–Crippen LogP) is 2.34. The Morgan fingerprint density at radius 3 is 2.61 bits per heavy atom. The lowest BCUT2D eigenvalue weighted by molar-refractivity contribution is -0.131. The molecule has 0 radical (unpaired) electrons. The Balaban J connectivity index is 1.48. The van der Waals surface area contributed by atoms with Crippen LogP contribution < -0.4 is 10.5 Å². The summed E-state index contributed by atoms with van der Waals surface area (Å²) in [6.45, 7) is 3.27. The third-order valence-electron chi connectivity index (χ3n) is 5.35. The molecule has 2 N–H and O–H groups in total. The smallest absolute Gasteiger partial charge is 0.236 e.